The third-order valence-corrected chi connectivity index (χ3v) is 4.95. The Morgan fingerprint density at radius 2 is 2.05 bits per heavy atom. The van der Waals surface area contributed by atoms with E-state index in [1.54, 1.807) is 6.20 Å². The standard InChI is InChI=1S/C16H20ClN3/c1-12-6-8-16(11-17,9-7-12)19-15-14-5-3-2-4-13(14)10-18-20-15/h2-5,10,12H,6-9,11H2,1H3,(H,19,20). The number of hydrogen-bond acceptors (Lipinski definition) is 3. The highest BCUT2D eigenvalue weighted by Gasteiger charge is 2.34. The predicted molar refractivity (Wildman–Crippen MR) is 84.2 cm³/mol. The Balaban J connectivity index is 1.91. The fraction of sp³-hybridized carbons (Fsp3) is 0.500. The topological polar surface area (TPSA) is 37.8 Å². The second-order valence-electron chi connectivity index (χ2n) is 6.00. The molecule has 1 N–H and O–H groups in total. The van der Waals surface area contributed by atoms with E-state index in [2.05, 4.69) is 34.6 Å². The Morgan fingerprint density at radius 1 is 1.30 bits per heavy atom. The number of rotatable bonds is 3. The summed E-state index contributed by atoms with van der Waals surface area (Å²) in [6.45, 7) is 2.32. The first-order chi connectivity index (χ1) is 9.72. The van der Waals surface area contributed by atoms with Crippen molar-refractivity contribution in [3.8, 4) is 0 Å². The maximum absolute atomic E-state index is 6.28. The number of fused-ring (bicyclic) bond motifs is 1. The van der Waals surface area contributed by atoms with Crippen LogP contribution >= 0.6 is 11.6 Å². The zero-order valence-electron chi connectivity index (χ0n) is 11.8. The van der Waals surface area contributed by atoms with Crippen molar-refractivity contribution >= 4 is 28.2 Å². The van der Waals surface area contributed by atoms with E-state index in [0.717, 1.165) is 35.3 Å². The molecule has 0 amide bonds. The van der Waals surface area contributed by atoms with E-state index < -0.39 is 0 Å². The summed E-state index contributed by atoms with van der Waals surface area (Å²) in [6, 6.07) is 8.20. The lowest BCUT2D eigenvalue weighted by molar-refractivity contribution is 0.286. The molecule has 20 heavy (non-hydrogen) atoms. The molecular formula is C16H20ClN3. The van der Waals surface area contributed by atoms with Crippen molar-refractivity contribution in [2.75, 3.05) is 11.2 Å². The quantitative estimate of drug-likeness (QED) is 0.859. The molecule has 0 unspecified atom stereocenters. The highest BCUT2D eigenvalue weighted by molar-refractivity contribution is 6.19. The van der Waals surface area contributed by atoms with Crippen LogP contribution in [0.3, 0.4) is 0 Å². The SMILES string of the molecule is CC1CCC(CCl)(Nc2nncc3ccccc23)CC1. The Hall–Kier alpha value is -1.35. The molecule has 0 aliphatic heterocycles. The van der Waals surface area contributed by atoms with Gasteiger partial charge in [-0.15, -0.1) is 16.7 Å². The molecule has 3 nitrogen and oxygen atoms in total. The van der Waals surface area contributed by atoms with Crippen LogP contribution in [0.1, 0.15) is 32.6 Å². The van der Waals surface area contributed by atoms with Crippen LogP contribution in [-0.2, 0) is 0 Å². The number of nitrogens with zero attached hydrogens (tertiary/aromatic N) is 2. The van der Waals surface area contributed by atoms with Gasteiger partial charge < -0.3 is 5.32 Å². The molecule has 0 atom stereocenters. The molecule has 2 aromatic rings. The van der Waals surface area contributed by atoms with Crippen molar-refractivity contribution in [3.05, 3.63) is 30.5 Å². The van der Waals surface area contributed by atoms with E-state index in [-0.39, 0.29) is 5.54 Å². The summed E-state index contributed by atoms with van der Waals surface area (Å²) in [5.41, 5.74) is -0.0349. The van der Waals surface area contributed by atoms with Crippen molar-refractivity contribution in [1.82, 2.24) is 10.2 Å². The molecule has 1 aromatic carbocycles. The van der Waals surface area contributed by atoms with Gasteiger partial charge in [-0.3, -0.25) is 0 Å². The van der Waals surface area contributed by atoms with Crippen LogP contribution in [0.4, 0.5) is 5.82 Å². The number of nitrogens with one attached hydrogen (secondary N) is 1. The fourth-order valence-corrected chi connectivity index (χ4v) is 3.31. The lowest BCUT2D eigenvalue weighted by atomic mass is 9.78. The monoisotopic (exact) mass is 289 g/mol. The minimum Gasteiger partial charge on any atom is -0.361 e. The van der Waals surface area contributed by atoms with Crippen molar-refractivity contribution in [2.24, 2.45) is 5.92 Å². The van der Waals surface area contributed by atoms with Crippen LogP contribution in [0.5, 0.6) is 0 Å². The van der Waals surface area contributed by atoms with Gasteiger partial charge in [0.1, 0.15) is 0 Å². The van der Waals surface area contributed by atoms with Gasteiger partial charge in [0.05, 0.1) is 11.7 Å². The van der Waals surface area contributed by atoms with E-state index in [9.17, 15) is 0 Å². The van der Waals surface area contributed by atoms with Crippen LogP contribution in [-0.4, -0.2) is 21.6 Å². The maximum Gasteiger partial charge on any atom is 0.157 e. The second kappa shape index (κ2) is 5.57. The molecule has 3 rings (SSSR count). The average molecular weight is 290 g/mol. The first kappa shape index (κ1) is 13.6. The van der Waals surface area contributed by atoms with Crippen molar-refractivity contribution in [1.29, 1.82) is 0 Å². The Kier molecular flexibility index (Phi) is 3.79. The van der Waals surface area contributed by atoms with Crippen molar-refractivity contribution in [2.45, 2.75) is 38.1 Å². The van der Waals surface area contributed by atoms with Crippen LogP contribution in [0.2, 0.25) is 0 Å². The molecular weight excluding hydrogens is 270 g/mol. The smallest absolute Gasteiger partial charge is 0.157 e. The van der Waals surface area contributed by atoms with Gasteiger partial charge >= 0.3 is 0 Å². The Labute approximate surface area is 124 Å². The minimum atomic E-state index is -0.0349. The summed E-state index contributed by atoms with van der Waals surface area (Å²) in [6.07, 6.45) is 6.44. The summed E-state index contributed by atoms with van der Waals surface area (Å²) < 4.78 is 0. The molecule has 1 heterocycles. The third-order valence-electron chi connectivity index (χ3n) is 4.44. The number of halogens is 1. The van der Waals surface area contributed by atoms with Gasteiger partial charge in [0.25, 0.3) is 0 Å². The van der Waals surface area contributed by atoms with Gasteiger partial charge in [0.15, 0.2) is 5.82 Å². The highest BCUT2D eigenvalue weighted by Crippen LogP contribution is 2.36. The van der Waals surface area contributed by atoms with Gasteiger partial charge in [-0.05, 0) is 31.6 Å². The van der Waals surface area contributed by atoms with Crippen LogP contribution in [0.25, 0.3) is 10.8 Å². The molecule has 0 radical (unpaired) electrons. The zero-order valence-corrected chi connectivity index (χ0v) is 12.5. The first-order valence-electron chi connectivity index (χ1n) is 7.27. The zero-order chi connectivity index (χ0) is 14.0. The molecule has 0 saturated heterocycles. The summed E-state index contributed by atoms with van der Waals surface area (Å²) >= 11 is 6.28. The van der Waals surface area contributed by atoms with E-state index in [0.29, 0.717) is 5.88 Å². The lowest BCUT2D eigenvalue weighted by Gasteiger charge is -2.39. The van der Waals surface area contributed by atoms with E-state index in [4.69, 9.17) is 11.6 Å². The average Bonchev–Trinajstić information content (AvgIpc) is 2.50. The molecule has 0 bridgehead atoms. The number of benzene rings is 1. The van der Waals surface area contributed by atoms with Gasteiger partial charge in [-0.1, -0.05) is 31.2 Å². The largest absolute Gasteiger partial charge is 0.361 e. The summed E-state index contributed by atoms with van der Waals surface area (Å²) in [5.74, 6) is 2.27. The van der Waals surface area contributed by atoms with E-state index in [1.165, 1.54) is 12.8 Å². The van der Waals surface area contributed by atoms with Crippen LogP contribution < -0.4 is 5.32 Å². The Bertz CT molecular complexity index is 586. The summed E-state index contributed by atoms with van der Waals surface area (Å²) in [7, 11) is 0. The molecule has 0 spiro atoms. The molecule has 1 aliphatic rings. The maximum atomic E-state index is 6.28. The van der Waals surface area contributed by atoms with E-state index >= 15 is 0 Å². The van der Waals surface area contributed by atoms with E-state index in [1.807, 2.05) is 12.1 Å². The molecule has 1 aliphatic carbocycles. The Morgan fingerprint density at radius 3 is 2.80 bits per heavy atom. The number of alkyl halides is 1. The molecule has 1 saturated carbocycles. The fourth-order valence-electron chi connectivity index (χ4n) is 2.98. The van der Waals surface area contributed by atoms with Gasteiger partial charge in [-0.2, -0.15) is 5.10 Å². The molecule has 1 fully saturated rings. The van der Waals surface area contributed by atoms with Gasteiger partial charge in [-0.25, -0.2) is 0 Å². The first-order valence-corrected chi connectivity index (χ1v) is 7.80. The molecule has 4 heteroatoms. The predicted octanol–water partition coefficient (Wildman–Crippen LogP) is 4.23. The molecule has 1 aromatic heterocycles. The van der Waals surface area contributed by atoms with Crippen molar-refractivity contribution in [3.63, 3.8) is 0 Å². The lowest BCUT2D eigenvalue weighted by Crippen LogP contribution is -2.43. The molecule has 106 valence electrons. The number of anilines is 1. The van der Waals surface area contributed by atoms with Crippen LogP contribution in [0, 0.1) is 5.92 Å². The summed E-state index contributed by atoms with van der Waals surface area (Å²) in [5, 5.41) is 14.2. The second-order valence-corrected chi connectivity index (χ2v) is 6.27. The normalized spacial score (nSPS) is 26.6. The number of hydrogen-bond donors (Lipinski definition) is 1. The summed E-state index contributed by atoms with van der Waals surface area (Å²) in [4.78, 5) is 0. The van der Waals surface area contributed by atoms with Gasteiger partial charge in [0.2, 0.25) is 0 Å². The highest BCUT2D eigenvalue weighted by atomic mass is 35.5. The number of aromatic nitrogens is 2. The minimum absolute atomic E-state index is 0.0349. The van der Waals surface area contributed by atoms with Crippen LogP contribution in [0.15, 0.2) is 30.5 Å². The van der Waals surface area contributed by atoms with Crippen molar-refractivity contribution < 1.29 is 0 Å². The van der Waals surface area contributed by atoms with Gasteiger partial charge in [0, 0.05) is 16.7 Å². The third kappa shape index (κ3) is 2.59.